The second kappa shape index (κ2) is 13.7. The van der Waals surface area contributed by atoms with Gasteiger partial charge in [-0.3, -0.25) is 33.8 Å². The van der Waals surface area contributed by atoms with Crippen LogP contribution in [0.25, 0.3) is 0 Å². The van der Waals surface area contributed by atoms with E-state index >= 15 is 0 Å². The first-order valence-electron chi connectivity index (χ1n) is 12.9. The van der Waals surface area contributed by atoms with Gasteiger partial charge in [0.2, 0.25) is 5.91 Å². The highest BCUT2D eigenvalue weighted by molar-refractivity contribution is 6.22. The predicted molar refractivity (Wildman–Crippen MR) is 140 cm³/mol. The Kier molecular flexibility index (Phi) is 9.90. The number of carbonyl (C=O) groups excluding carboxylic acids is 5. The third kappa shape index (κ3) is 7.01. The molecule has 0 atom stereocenters. The Bertz CT molecular complexity index is 1190. The standard InChI is InChI=1S/C28H29N3O10/c32-23(17-40-15-13-39-14-16-41-18-24(33)34)29(9-11-30-25(35)19-5-1-2-6-20(19)26(30)36)10-12-31-27(37)21-7-3-4-8-22(21)28(31)38/h1-8H,9-18H2,(H,33,34). The van der Waals surface area contributed by atoms with E-state index in [1.807, 2.05) is 0 Å². The van der Waals surface area contributed by atoms with Gasteiger partial charge in [-0.05, 0) is 24.3 Å². The Morgan fingerprint density at radius 1 is 0.610 bits per heavy atom. The van der Waals surface area contributed by atoms with E-state index in [1.54, 1.807) is 48.5 Å². The number of aliphatic carboxylic acids is 1. The average molecular weight is 568 g/mol. The number of fused-ring (bicyclic) bond motifs is 2. The second-order valence-corrected chi connectivity index (χ2v) is 9.11. The van der Waals surface area contributed by atoms with Gasteiger partial charge in [0, 0.05) is 26.2 Å². The van der Waals surface area contributed by atoms with Crippen LogP contribution >= 0.6 is 0 Å². The highest BCUT2D eigenvalue weighted by Crippen LogP contribution is 2.23. The second-order valence-electron chi connectivity index (χ2n) is 9.11. The molecule has 0 aliphatic carbocycles. The van der Waals surface area contributed by atoms with Crippen molar-refractivity contribution in [3.8, 4) is 0 Å². The summed E-state index contributed by atoms with van der Waals surface area (Å²) in [7, 11) is 0. The summed E-state index contributed by atoms with van der Waals surface area (Å²) in [6.07, 6.45) is 0. The molecule has 13 nitrogen and oxygen atoms in total. The zero-order chi connectivity index (χ0) is 29.4. The number of hydrogen-bond acceptors (Lipinski definition) is 9. The van der Waals surface area contributed by atoms with Crippen LogP contribution in [0.15, 0.2) is 48.5 Å². The molecule has 4 rings (SSSR count). The van der Waals surface area contributed by atoms with Gasteiger partial charge in [-0.25, -0.2) is 4.79 Å². The van der Waals surface area contributed by atoms with Gasteiger partial charge < -0.3 is 24.2 Å². The van der Waals surface area contributed by atoms with Gasteiger partial charge in [0.25, 0.3) is 23.6 Å². The molecular weight excluding hydrogens is 538 g/mol. The van der Waals surface area contributed by atoms with E-state index in [4.69, 9.17) is 19.3 Å². The van der Waals surface area contributed by atoms with Crippen molar-refractivity contribution in [3.63, 3.8) is 0 Å². The molecule has 0 fully saturated rings. The van der Waals surface area contributed by atoms with Crippen LogP contribution in [0.5, 0.6) is 0 Å². The molecule has 0 unspecified atom stereocenters. The highest BCUT2D eigenvalue weighted by atomic mass is 16.5. The zero-order valence-electron chi connectivity index (χ0n) is 22.2. The van der Waals surface area contributed by atoms with Gasteiger partial charge >= 0.3 is 5.97 Å². The Morgan fingerprint density at radius 2 is 0.976 bits per heavy atom. The lowest BCUT2D eigenvalue weighted by Gasteiger charge is -2.26. The Balaban J connectivity index is 1.32. The van der Waals surface area contributed by atoms with Crippen LogP contribution in [-0.2, 0) is 23.8 Å². The summed E-state index contributed by atoms with van der Waals surface area (Å²) in [5.74, 6) is -3.39. The molecule has 2 heterocycles. The lowest BCUT2D eigenvalue weighted by Crippen LogP contribution is -2.46. The monoisotopic (exact) mass is 567 g/mol. The Labute approximate surface area is 235 Å². The third-order valence-electron chi connectivity index (χ3n) is 6.49. The molecule has 0 aromatic heterocycles. The van der Waals surface area contributed by atoms with E-state index in [2.05, 4.69) is 0 Å². The molecule has 41 heavy (non-hydrogen) atoms. The maximum atomic E-state index is 13.1. The van der Waals surface area contributed by atoms with Crippen molar-refractivity contribution in [1.82, 2.24) is 14.7 Å². The molecule has 2 aliphatic heterocycles. The zero-order valence-corrected chi connectivity index (χ0v) is 22.2. The first kappa shape index (κ1) is 29.5. The number of rotatable bonds is 16. The fourth-order valence-corrected chi connectivity index (χ4v) is 4.44. The molecule has 2 aliphatic rings. The summed E-state index contributed by atoms with van der Waals surface area (Å²) in [6, 6.07) is 12.9. The van der Waals surface area contributed by atoms with Gasteiger partial charge in [-0.2, -0.15) is 0 Å². The lowest BCUT2D eigenvalue weighted by atomic mass is 10.1. The van der Waals surface area contributed by atoms with Crippen LogP contribution in [0.4, 0.5) is 0 Å². The van der Waals surface area contributed by atoms with Crippen molar-refractivity contribution in [3.05, 3.63) is 70.8 Å². The van der Waals surface area contributed by atoms with Crippen molar-refractivity contribution in [2.24, 2.45) is 0 Å². The largest absolute Gasteiger partial charge is 0.480 e. The number of carbonyl (C=O) groups is 6. The van der Waals surface area contributed by atoms with E-state index in [1.165, 1.54) is 4.90 Å². The molecule has 1 N–H and O–H groups in total. The van der Waals surface area contributed by atoms with Crippen LogP contribution < -0.4 is 0 Å². The molecule has 0 bridgehead atoms. The van der Waals surface area contributed by atoms with E-state index in [9.17, 15) is 28.8 Å². The van der Waals surface area contributed by atoms with Crippen molar-refractivity contribution < 1.29 is 48.1 Å². The highest BCUT2D eigenvalue weighted by Gasteiger charge is 2.37. The number of nitrogens with zero attached hydrogens (tertiary/aromatic N) is 3. The average Bonchev–Trinajstić information content (AvgIpc) is 3.36. The van der Waals surface area contributed by atoms with E-state index < -0.39 is 42.1 Å². The summed E-state index contributed by atoms with van der Waals surface area (Å²) in [5.41, 5.74) is 1.16. The summed E-state index contributed by atoms with van der Waals surface area (Å²) in [6.45, 7) is -0.564. The molecule has 0 radical (unpaired) electrons. The topological polar surface area (TPSA) is 160 Å². The molecule has 13 heteroatoms. The number of carboxylic acids is 1. The predicted octanol–water partition coefficient (Wildman–Crippen LogP) is 0.542. The number of benzene rings is 2. The lowest BCUT2D eigenvalue weighted by molar-refractivity contribution is -0.142. The fourth-order valence-electron chi connectivity index (χ4n) is 4.44. The molecule has 2 aromatic rings. The molecule has 0 saturated carbocycles. The molecule has 5 amide bonds. The first-order chi connectivity index (χ1) is 19.8. The number of amides is 5. The minimum absolute atomic E-state index is 0.0335. The molecule has 216 valence electrons. The van der Waals surface area contributed by atoms with Gasteiger partial charge in [0.05, 0.1) is 48.7 Å². The number of imide groups is 2. The van der Waals surface area contributed by atoms with Gasteiger partial charge in [0.15, 0.2) is 0 Å². The maximum absolute atomic E-state index is 13.1. The molecule has 0 spiro atoms. The SMILES string of the molecule is O=C(O)COCCOCCOCC(=O)N(CCN1C(=O)c2ccccc2C1=O)CCN1C(=O)c2ccccc2C1=O. The molecule has 0 saturated heterocycles. The third-order valence-corrected chi connectivity index (χ3v) is 6.49. The summed E-state index contributed by atoms with van der Waals surface area (Å²) < 4.78 is 15.5. The normalized spacial score (nSPS) is 14.0. The van der Waals surface area contributed by atoms with E-state index in [-0.39, 0.29) is 81.5 Å². The quantitative estimate of drug-likeness (QED) is 0.224. The van der Waals surface area contributed by atoms with Gasteiger partial charge in [0.1, 0.15) is 13.2 Å². The van der Waals surface area contributed by atoms with Gasteiger partial charge in [-0.15, -0.1) is 0 Å². The van der Waals surface area contributed by atoms with E-state index in [0.29, 0.717) is 0 Å². The van der Waals surface area contributed by atoms with Crippen molar-refractivity contribution in [2.75, 3.05) is 65.8 Å². The first-order valence-corrected chi connectivity index (χ1v) is 12.9. The fraction of sp³-hybridized carbons (Fsp3) is 0.357. The van der Waals surface area contributed by atoms with Crippen LogP contribution in [0.3, 0.4) is 0 Å². The minimum atomic E-state index is -1.08. The van der Waals surface area contributed by atoms with E-state index in [0.717, 1.165) is 9.80 Å². The van der Waals surface area contributed by atoms with Gasteiger partial charge in [-0.1, -0.05) is 24.3 Å². The van der Waals surface area contributed by atoms with Crippen molar-refractivity contribution in [1.29, 1.82) is 0 Å². The molecule has 2 aromatic carbocycles. The van der Waals surface area contributed by atoms with Crippen molar-refractivity contribution in [2.45, 2.75) is 0 Å². The Hall–Kier alpha value is -4.46. The maximum Gasteiger partial charge on any atom is 0.329 e. The number of carboxylic acid groups (broad SMARTS) is 1. The molecular formula is C28H29N3O10. The Morgan fingerprint density at radius 3 is 1.37 bits per heavy atom. The van der Waals surface area contributed by atoms with Crippen LogP contribution in [0.1, 0.15) is 41.4 Å². The smallest absolute Gasteiger partial charge is 0.329 e. The van der Waals surface area contributed by atoms with Crippen LogP contribution in [0.2, 0.25) is 0 Å². The van der Waals surface area contributed by atoms with Crippen molar-refractivity contribution >= 4 is 35.5 Å². The summed E-state index contributed by atoms with van der Waals surface area (Å²) in [5, 5.41) is 8.52. The minimum Gasteiger partial charge on any atom is -0.480 e. The summed E-state index contributed by atoms with van der Waals surface area (Å²) >= 11 is 0. The van der Waals surface area contributed by atoms with Crippen LogP contribution in [0, 0.1) is 0 Å². The number of ether oxygens (including phenoxy) is 3. The summed E-state index contributed by atoms with van der Waals surface area (Å²) in [4.78, 5) is 78.0. The number of hydrogen-bond donors (Lipinski definition) is 1. The van der Waals surface area contributed by atoms with Crippen LogP contribution in [-0.4, -0.2) is 121 Å².